The van der Waals surface area contributed by atoms with Gasteiger partial charge in [0.2, 0.25) is 11.5 Å². The molecule has 1 aromatic carbocycles. The molecule has 23 heavy (non-hydrogen) atoms. The van der Waals surface area contributed by atoms with Crippen LogP contribution in [0.1, 0.15) is 21.7 Å². The van der Waals surface area contributed by atoms with Crippen molar-refractivity contribution in [2.45, 2.75) is 6.92 Å². The number of hydrogen-bond acceptors (Lipinski definition) is 5. The van der Waals surface area contributed by atoms with Crippen molar-refractivity contribution in [3.8, 4) is 0 Å². The van der Waals surface area contributed by atoms with Crippen molar-refractivity contribution < 1.29 is 23.5 Å². The minimum Gasteiger partial charge on any atom is -0.494 e. The summed E-state index contributed by atoms with van der Waals surface area (Å²) in [5, 5.41) is 2.60. The monoisotopic (exact) mass is 313 g/mol. The van der Waals surface area contributed by atoms with Crippen LogP contribution in [0.4, 0.5) is 5.69 Å². The molecule has 0 bridgehead atoms. The number of amides is 1. The smallest absolute Gasteiger partial charge is 0.294 e. The molecule has 1 aliphatic rings. The third-order valence-electron chi connectivity index (χ3n) is 3.31. The van der Waals surface area contributed by atoms with E-state index in [-0.39, 0.29) is 23.0 Å². The van der Waals surface area contributed by atoms with E-state index in [1.54, 1.807) is 12.1 Å². The van der Waals surface area contributed by atoms with Crippen LogP contribution in [0.3, 0.4) is 0 Å². The summed E-state index contributed by atoms with van der Waals surface area (Å²) in [7, 11) is 0. The van der Waals surface area contributed by atoms with E-state index in [1.165, 1.54) is 18.6 Å². The summed E-state index contributed by atoms with van der Waals surface area (Å²) in [5.74, 6) is -0.671. The molecule has 6 nitrogen and oxygen atoms in total. The van der Waals surface area contributed by atoms with Crippen molar-refractivity contribution >= 4 is 17.4 Å². The topological polar surface area (TPSA) is 77.8 Å². The lowest BCUT2D eigenvalue weighted by molar-refractivity contribution is -0.117. The van der Waals surface area contributed by atoms with Gasteiger partial charge in [-0.25, -0.2) is 0 Å². The lowest BCUT2D eigenvalue weighted by Gasteiger charge is -2.14. The summed E-state index contributed by atoms with van der Waals surface area (Å²) in [6.07, 6.45) is 2.60. The number of nitrogens with one attached hydrogen (secondary N) is 1. The fraction of sp³-hybridized carbons (Fsp3) is 0.176. The van der Waals surface area contributed by atoms with E-state index in [4.69, 9.17) is 13.9 Å². The Kier molecular flexibility index (Phi) is 4.14. The van der Waals surface area contributed by atoms with E-state index in [2.05, 4.69) is 5.32 Å². The first-order chi connectivity index (χ1) is 11.1. The Hall–Kier alpha value is -3.02. The van der Waals surface area contributed by atoms with Gasteiger partial charge in [0.15, 0.2) is 5.76 Å². The van der Waals surface area contributed by atoms with Crippen molar-refractivity contribution in [2.75, 3.05) is 18.5 Å². The number of carbonyl (C=O) groups excluding carboxylic acids is 2. The van der Waals surface area contributed by atoms with Crippen molar-refractivity contribution in [3.05, 3.63) is 65.5 Å². The molecule has 1 amide bonds. The van der Waals surface area contributed by atoms with Crippen LogP contribution in [-0.2, 0) is 14.3 Å². The van der Waals surface area contributed by atoms with Crippen LogP contribution in [0.2, 0.25) is 0 Å². The maximum Gasteiger partial charge on any atom is 0.294 e. The molecular formula is C17H15NO5. The Bertz CT molecular complexity index is 758. The second-order valence-corrected chi connectivity index (χ2v) is 5.01. The zero-order chi connectivity index (χ0) is 16.2. The van der Waals surface area contributed by atoms with E-state index in [9.17, 15) is 9.59 Å². The largest absolute Gasteiger partial charge is 0.494 e. The average molecular weight is 313 g/mol. The normalized spacial score (nSPS) is 13.5. The lowest BCUT2D eigenvalue weighted by atomic mass is 10.1. The molecule has 6 heteroatoms. The van der Waals surface area contributed by atoms with Crippen LogP contribution < -0.4 is 5.32 Å². The summed E-state index contributed by atoms with van der Waals surface area (Å²) in [6.45, 7) is 2.65. The summed E-state index contributed by atoms with van der Waals surface area (Å²) in [4.78, 5) is 24.6. The van der Waals surface area contributed by atoms with Crippen LogP contribution in [0.25, 0.3) is 0 Å². The Morgan fingerprint density at radius 2 is 1.87 bits per heavy atom. The second-order valence-electron chi connectivity index (χ2n) is 5.01. The van der Waals surface area contributed by atoms with Crippen molar-refractivity contribution in [3.63, 3.8) is 0 Å². The second kappa shape index (κ2) is 6.39. The number of ether oxygens (including phenoxy) is 2. The molecule has 1 aliphatic heterocycles. The number of benzene rings is 1. The van der Waals surface area contributed by atoms with Crippen LogP contribution in [0.15, 0.2) is 53.0 Å². The van der Waals surface area contributed by atoms with Gasteiger partial charge in [-0.3, -0.25) is 9.59 Å². The minimum atomic E-state index is -0.496. The van der Waals surface area contributed by atoms with Gasteiger partial charge in [0.1, 0.15) is 19.5 Å². The third-order valence-corrected chi connectivity index (χ3v) is 3.31. The van der Waals surface area contributed by atoms with E-state index >= 15 is 0 Å². The van der Waals surface area contributed by atoms with Gasteiger partial charge in [-0.1, -0.05) is 29.8 Å². The Balaban J connectivity index is 1.79. The first-order valence-corrected chi connectivity index (χ1v) is 7.10. The standard InChI is InChI=1S/C17H15NO5/c1-11-2-4-12(5-3-11)15(19)16-13(6-7-23-16)18-17(20)14-10-21-8-9-22-14/h2-7,10H,8-9H2,1H3,(H,18,20). The highest BCUT2D eigenvalue weighted by molar-refractivity contribution is 6.13. The van der Waals surface area contributed by atoms with Crippen LogP contribution in [-0.4, -0.2) is 24.9 Å². The molecule has 0 radical (unpaired) electrons. The number of ketones is 1. The van der Waals surface area contributed by atoms with Gasteiger partial charge < -0.3 is 19.2 Å². The van der Waals surface area contributed by atoms with Crippen LogP contribution >= 0.6 is 0 Å². The molecule has 0 saturated carbocycles. The van der Waals surface area contributed by atoms with Gasteiger partial charge in [0, 0.05) is 11.6 Å². The summed E-state index contributed by atoms with van der Waals surface area (Å²) in [5.41, 5.74) is 1.82. The van der Waals surface area contributed by atoms with E-state index < -0.39 is 5.91 Å². The van der Waals surface area contributed by atoms with Crippen molar-refractivity contribution in [1.29, 1.82) is 0 Å². The average Bonchev–Trinajstić information content (AvgIpc) is 3.04. The number of anilines is 1. The molecule has 0 atom stereocenters. The molecule has 0 aliphatic carbocycles. The summed E-state index contributed by atoms with van der Waals surface area (Å²) in [6, 6.07) is 8.63. The molecule has 0 unspecified atom stereocenters. The predicted molar refractivity (Wildman–Crippen MR) is 81.9 cm³/mol. The third kappa shape index (κ3) is 3.26. The van der Waals surface area contributed by atoms with Gasteiger partial charge in [-0.2, -0.15) is 0 Å². The number of furan rings is 1. The SMILES string of the molecule is Cc1ccc(C(=O)c2occc2NC(=O)C2=COCCO2)cc1. The fourth-order valence-corrected chi connectivity index (χ4v) is 2.09. The minimum absolute atomic E-state index is 0.0613. The van der Waals surface area contributed by atoms with Gasteiger partial charge >= 0.3 is 0 Å². The summed E-state index contributed by atoms with van der Waals surface area (Å²) < 4.78 is 15.5. The maximum atomic E-state index is 12.5. The number of carbonyl (C=O) groups is 2. The zero-order valence-electron chi connectivity index (χ0n) is 12.5. The molecule has 0 spiro atoms. The van der Waals surface area contributed by atoms with Crippen LogP contribution in [0, 0.1) is 6.92 Å². The van der Waals surface area contributed by atoms with Crippen LogP contribution in [0.5, 0.6) is 0 Å². The van der Waals surface area contributed by atoms with Gasteiger partial charge in [0.25, 0.3) is 5.91 Å². The quantitative estimate of drug-likeness (QED) is 0.878. The zero-order valence-corrected chi connectivity index (χ0v) is 12.5. The molecular weight excluding hydrogens is 298 g/mol. The first-order valence-electron chi connectivity index (χ1n) is 7.10. The molecule has 0 fully saturated rings. The summed E-state index contributed by atoms with van der Waals surface area (Å²) >= 11 is 0. The molecule has 2 aromatic rings. The Labute approximate surface area is 132 Å². The Morgan fingerprint density at radius 3 is 2.57 bits per heavy atom. The highest BCUT2D eigenvalue weighted by Crippen LogP contribution is 2.22. The van der Waals surface area contributed by atoms with Gasteiger partial charge in [0.05, 0.1) is 12.0 Å². The number of aryl methyl sites for hydroxylation is 1. The maximum absolute atomic E-state index is 12.5. The highest BCUT2D eigenvalue weighted by Gasteiger charge is 2.21. The number of hydrogen-bond donors (Lipinski definition) is 1. The molecule has 118 valence electrons. The molecule has 2 heterocycles. The molecule has 1 aromatic heterocycles. The van der Waals surface area contributed by atoms with E-state index in [1.807, 2.05) is 19.1 Å². The number of rotatable bonds is 4. The lowest BCUT2D eigenvalue weighted by Crippen LogP contribution is -2.21. The molecule has 1 N–H and O–H groups in total. The van der Waals surface area contributed by atoms with Gasteiger partial charge in [-0.15, -0.1) is 0 Å². The predicted octanol–water partition coefficient (Wildman–Crippen LogP) is 2.65. The van der Waals surface area contributed by atoms with E-state index in [0.717, 1.165) is 5.56 Å². The highest BCUT2D eigenvalue weighted by atomic mass is 16.6. The van der Waals surface area contributed by atoms with Crippen molar-refractivity contribution in [1.82, 2.24) is 0 Å². The van der Waals surface area contributed by atoms with Gasteiger partial charge in [-0.05, 0) is 6.92 Å². The van der Waals surface area contributed by atoms with E-state index in [0.29, 0.717) is 18.8 Å². The molecule has 0 saturated heterocycles. The molecule has 3 rings (SSSR count). The van der Waals surface area contributed by atoms with Crippen molar-refractivity contribution in [2.24, 2.45) is 0 Å². The Morgan fingerprint density at radius 1 is 1.09 bits per heavy atom. The first kappa shape index (κ1) is 14.9. The fourth-order valence-electron chi connectivity index (χ4n) is 2.09.